The van der Waals surface area contributed by atoms with Crippen molar-refractivity contribution in [3.05, 3.63) is 29.3 Å². The Balaban J connectivity index is 2.78. The zero-order valence-electron chi connectivity index (χ0n) is 18.4. The molecule has 0 spiro atoms. The predicted molar refractivity (Wildman–Crippen MR) is 119 cm³/mol. The molecular weight excluding hydrogens is 332 g/mol. The van der Waals surface area contributed by atoms with Gasteiger partial charge in [-0.1, -0.05) is 90.3 Å². The Hall–Kier alpha value is -1.51. The van der Waals surface area contributed by atoms with Gasteiger partial charge in [-0.3, -0.25) is 4.90 Å². The number of carbonyl (C=O) groups is 1. The quantitative estimate of drug-likeness (QED) is 0.371. The SMILES string of the molecule is CCCCCCCCCCC(C)(C)N(C(N)=O)c1c(CC)cccc1CC. The van der Waals surface area contributed by atoms with Crippen LogP contribution in [-0.2, 0) is 12.8 Å². The fourth-order valence-corrected chi connectivity index (χ4v) is 4.02. The molecule has 0 unspecified atom stereocenters. The molecule has 1 rings (SSSR count). The van der Waals surface area contributed by atoms with E-state index in [-0.39, 0.29) is 11.6 Å². The maximum absolute atomic E-state index is 12.5. The van der Waals surface area contributed by atoms with Gasteiger partial charge in [0.15, 0.2) is 0 Å². The number of rotatable bonds is 13. The number of nitrogens with two attached hydrogens (primary N) is 1. The number of hydrogen-bond donors (Lipinski definition) is 1. The van der Waals surface area contributed by atoms with Crippen molar-refractivity contribution in [2.24, 2.45) is 5.73 Å². The fraction of sp³-hybridized carbons (Fsp3) is 0.708. The first kappa shape index (κ1) is 23.5. The van der Waals surface area contributed by atoms with E-state index < -0.39 is 0 Å². The van der Waals surface area contributed by atoms with Crippen molar-refractivity contribution >= 4 is 11.7 Å². The minimum Gasteiger partial charge on any atom is -0.351 e. The van der Waals surface area contributed by atoms with E-state index >= 15 is 0 Å². The lowest BCUT2D eigenvalue weighted by Gasteiger charge is -2.40. The van der Waals surface area contributed by atoms with Crippen molar-refractivity contribution < 1.29 is 4.79 Å². The number of carbonyl (C=O) groups excluding carboxylic acids is 1. The first-order valence-electron chi connectivity index (χ1n) is 11.1. The summed E-state index contributed by atoms with van der Waals surface area (Å²) in [5.74, 6) is 0. The molecule has 27 heavy (non-hydrogen) atoms. The Morgan fingerprint density at radius 2 is 1.37 bits per heavy atom. The van der Waals surface area contributed by atoms with Crippen LogP contribution in [0.2, 0.25) is 0 Å². The van der Waals surface area contributed by atoms with Crippen molar-refractivity contribution in [3.63, 3.8) is 0 Å². The van der Waals surface area contributed by atoms with Crippen LogP contribution in [0.5, 0.6) is 0 Å². The average Bonchev–Trinajstić information content (AvgIpc) is 2.63. The Morgan fingerprint density at radius 3 is 1.81 bits per heavy atom. The third-order valence-corrected chi connectivity index (χ3v) is 5.66. The van der Waals surface area contributed by atoms with Crippen molar-refractivity contribution in [1.29, 1.82) is 0 Å². The molecule has 0 saturated carbocycles. The first-order chi connectivity index (χ1) is 12.9. The number of anilines is 1. The summed E-state index contributed by atoms with van der Waals surface area (Å²) < 4.78 is 0. The number of primary amides is 1. The summed E-state index contributed by atoms with van der Waals surface area (Å²) >= 11 is 0. The number of amides is 2. The lowest BCUT2D eigenvalue weighted by Crippen LogP contribution is -2.51. The van der Waals surface area contributed by atoms with Gasteiger partial charge in [-0.05, 0) is 44.2 Å². The summed E-state index contributed by atoms with van der Waals surface area (Å²) in [6.45, 7) is 10.9. The monoisotopic (exact) mass is 374 g/mol. The van der Waals surface area contributed by atoms with Gasteiger partial charge in [0.2, 0.25) is 0 Å². The summed E-state index contributed by atoms with van der Waals surface area (Å²) in [5, 5.41) is 0. The van der Waals surface area contributed by atoms with Crippen LogP contribution in [-0.4, -0.2) is 11.6 Å². The van der Waals surface area contributed by atoms with Crippen LogP contribution in [0.4, 0.5) is 10.5 Å². The van der Waals surface area contributed by atoms with Crippen LogP contribution in [0.3, 0.4) is 0 Å². The minimum atomic E-state index is -0.338. The molecule has 0 saturated heterocycles. The van der Waals surface area contributed by atoms with Crippen LogP contribution < -0.4 is 10.6 Å². The van der Waals surface area contributed by atoms with Crippen LogP contribution in [0, 0.1) is 0 Å². The smallest absolute Gasteiger partial charge is 0.319 e. The molecule has 0 aromatic heterocycles. The van der Waals surface area contributed by atoms with Crippen LogP contribution in [0.1, 0.15) is 104 Å². The molecule has 154 valence electrons. The Labute approximate surface area is 167 Å². The van der Waals surface area contributed by atoms with Crippen molar-refractivity contribution in [3.8, 4) is 0 Å². The van der Waals surface area contributed by atoms with Crippen molar-refractivity contribution in [2.45, 2.75) is 111 Å². The number of aryl methyl sites for hydroxylation is 2. The molecule has 0 heterocycles. The number of hydrogen-bond acceptors (Lipinski definition) is 1. The third-order valence-electron chi connectivity index (χ3n) is 5.66. The maximum atomic E-state index is 12.5. The molecule has 0 atom stereocenters. The maximum Gasteiger partial charge on any atom is 0.319 e. The molecule has 0 bridgehead atoms. The molecular formula is C24H42N2O. The fourth-order valence-electron chi connectivity index (χ4n) is 4.02. The van der Waals surface area contributed by atoms with Crippen LogP contribution >= 0.6 is 0 Å². The van der Waals surface area contributed by atoms with Crippen molar-refractivity contribution in [1.82, 2.24) is 0 Å². The number of benzene rings is 1. The summed E-state index contributed by atoms with van der Waals surface area (Å²) in [7, 11) is 0. The summed E-state index contributed by atoms with van der Waals surface area (Å²) in [4.78, 5) is 14.3. The van der Waals surface area contributed by atoms with Gasteiger partial charge in [0.05, 0.1) is 5.69 Å². The molecule has 2 amide bonds. The van der Waals surface area contributed by atoms with E-state index in [1.54, 1.807) is 0 Å². The average molecular weight is 375 g/mol. The standard InChI is InChI=1S/C24H42N2O/c1-6-9-10-11-12-13-14-15-19-24(4,5)26(23(25)27)22-20(7-2)17-16-18-21(22)8-3/h16-18H,6-15,19H2,1-5H3,(H2,25,27). The molecule has 3 nitrogen and oxygen atoms in total. The van der Waals surface area contributed by atoms with Gasteiger partial charge in [0.25, 0.3) is 0 Å². The van der Waals surface area contributed by atoms with Gasteiger partial charge in [0, 0.05) is 5.54 Å². The molecule has 0 radical (unpaired) electrons. The largest absolute Gasteiger partial charge is 0.351 e. The normalized spacial score (nSPS) is 11.6. The minimum absolute atomic E-state index is 0.275. The van der Waals surface area contributed by atoms with E-state index in [1.807, 2.05) is 4.90 Å². The van der Waals surface area contributed by atoms with E-state index in [4.69, 9.17) is 5.73 Å². The summed E-state index contributed by atoms with van der Waals surface area (Å²) in [6, 6.07) is 6.00. The number of unbranched alkanes of at least 4 members (excludes halogenated alkanes) is 7. The van der Waals surface area contributed by atoms with Crippen LogP contribution in [0.25, 0.3) is 0 Å². The van der Waals surface area contributed by atoms with E-state index in [9.17, 15) is 4.79 Å². The van der Waals surface area contributed by atoms with Gasteiger partial charge >= 0.3 is 6.03 Å². The lowest BCUT2D eigenvalue weighted by molar-refractivity contribution is 0.246. The van der Waals surface area contributed by atoms with E-state index in [2.05, 4.69) is 52.8 Å². The second-order valence-electron chi connectivity index (χ2n) is 8.34. The second-order valence-corrected chi connectivity index (χ2v) is 8.34. The molecule has 1 aromatic carbocycles. The lowest BCUT2D eigenvalue weighted by atomic mass is 9.91. The molecule has 0 aliphatic heterocycles. The van der Waals surface area contributed by atoms with Crippen LogP contribution in [0.15, 0.2) is 18.2 Å². The molecule has 0 fully saturated rings. The van der Waals surface area contributed by atoms with Crippen molar-refractivity contribution in [2.75, 3.05) is 4.90 Å². The zero-order chi connectivity index (χ0) is 20.3. The molecule has 0 aliphatic rings. The van der Waals surface area contributed by atoms with Gasteiger partial charge in [-0.15, -0.1) is 0 Å². The topological polar surface area (TPSA) is 46.3 Å². The highest BCUT2D eigenvalue weighted by Crippen LogP contribution is 2.34. The molecule has 3 heteroatoms. The highest BCUT2D eigenvalue weighted by atomic mass is 16.2. The first-order valence-corrected chi connectivity index (χ1v) is 11.1. The Kier molecular flexibility index (Phi) is 10.5. The second kappa shape index (κ2) is 12.0. The zero-order valence-corrected chi connectivity index (χ0v) is 18.4. The van der Waals surface area contributed by atoms with Gasteiger partial charge in [-0.25, -0.2) is 4.79 Å². The van der Waals surface area contributed by atoms with E-state index in [0.717, 1.165) is 31.4 Å². The van der Waals surface area contributed by atoms with E-state index in [1.165, 1.54) is 56.1 Å². The number of para-hydroxylation sites is 1. The molecule has 2 N–H and O–H groups in total. The highest BCUT2D eigenvalue weighted by Gasteiger charge is 2.33. The highest BCUT2D eigenvalue weighted by molar-refractivity contribution is 5.94. The molecule has 0 aliphatic carbocycles. The van der Waals surface area contributed by atoms with Gasteiger partial charge < -0.3 is 5.73 Å². The molecule has 1 aromatic rings. The Bertz CT molecular complexity index is 543. The third kappa shape index (κ3) is 7.20. The van der Waals surface area contributed by atoms with Gasteiger partial charge in [0.1, 0.15) is 0 Å². The predicted octanol–water partition coefficient (Wildman–Crippen LogP) is 7.01. The number of urea groups is 1. The summed E-state index contributed by atoms with van der Waals surface area (Å²) in [5.41, 5.74) is 9.07. The number of nitrogens with zero attached hydrogens (tertiary/aromatic N) is 1. The summed E-state index contributed by atoms with van der Waals surface area (Å²) in [6.07, 6.45) is 13.2. The Morgan fingerprint density at radius 1 is 0.889 bits per heavy atom. The van der Waals surface area contributed by atoms with E-state index in [0.29, 0.717) is 0 Å². The van der Waals surface area contributed by atoms with Gasteiger partial charge in [-0.2, -0.15) is 0 Å².